The van der Waals surface area contributed by atoms with Gasteiger partial charge in [-0.1, -0.05) is 6.07 Å². The average Bonchev–Trinajstić information content (AvgIpc) is 2.43. The van der Waals surface area contributed by atoms with E-state index in [2.05, 4.69) is 15.3 Å². The van der Waals surface area contributed by atoms with Crippen LogP contribution >= 0.6 is 0 Å². The first kappa shape index (κ1) is 13.2. The van der Waals surface area contributed by atoms with E-state index in [0.717, 1.165) is 29.8 Å². The molecule has 0 radical (unpaired) electrons. The fraction of sp³-hybridized carbons (Fsp3) is 0.267. The molecule has 0 fully saturated rings. The van der Waals surface area contributed by atoms with Crippen LogP contribution in [0.15, 0.2) is 42.9 Å². The first-order valence-corrected chi connectivity index (χ1v) is 6.36. The van der Waals surface area contributed by atoms with E-state index in [9.17, 15) is 4.79 Å². The molecule has 0 aliphatic rings. The van der Waals surface area contributed by atoms with E-state index >= 15 is 0 Å². The van der Waals surface area contributed by atoms with Gasteiger partial charge in [0.05, 0.1) is 11.9 Å². The molecule has 2 aromatic heterocycles. The van der Waals surface area contributed by atoms with Gasteiger partial charge in [-0.25, -0.2) is 0 Å². The van der Waals surface area contributed by atoms with E-state index in [1.54, 1.807) is 18.6 Å². The zero-order valence-electron chi connectivity index (χ0n) is 11.0. The van der Waals surface area contributed by atoms with Gasteiger partial charge in [-0.15, -0.1) is 0 Å². The molecule has 4 heteroatoms. The lowest BCUT2D eigenvalue weighted by Gasteiger charge is -2.07. The summed E-state index contributed by atoms with van der Waals surface area (Å²) in [5.74, 6) is 0.0204. The minimum atomic E-state index is 0.0204. The topological polar surface area (TPSA) is 54.9 Å². The number of nitrogens with zero attached hydrogens (tertiary/aromatic N) is 2. The van der Waals surface area contributed by atoms with Gasteiger partial charge < -0.3 is 5.32 Å². The molecule has 1 N–H and O–H groups in total. The highest BCUT2D eigenvalue weighted by molar-refractivity contribution is 5.91. The second-order valence-corrected chi connectivity index (χ2v) is 4.41. The number of aryl methyl sites for hydroxylation is 2. The van der Waals surface area contributed by atoms with Gasteiger partial charge in [-0.2, -0.15) is 0 Å². The van der Waals surface area contributed by atoms with Crippen molar-refractivity contribution < 1.29 is 4.79 Å². The molecule has 19 heavy (non-hydrogen) atoms. The maximum atomic E-state index is 11.8. The van der Waals surface area contributed by atoms with Crippen LogP contribution in [0, 0.1) is 6.92 Å². The summed E-state index contributed by atoms with van der Waals surface area (Å²) in [5.41, 5.74) is 2.83. The molecule has 0 atom stereocenters. The van der Waals surface area contributed by atoms with Gasteiger partial charge in [0.25, 0.3) is 0 Å². The highest BCUT2D eigenvalue weighted by Gasteiger charge is 2.04. The van der Waals surface area contributed by atoms with E-state index in [1.165, 1.54) is 0 Å². The van der Waals surface area contributed by atoms with Crippen molar-refractivity contribution in [3.8, 4) is 0 Å². The smallest absolute Gasteiger partial charge is 0.224 e. The molecule has 0 unspecified atom stereocenters. The quantitative estimate of drug-likeness (QED) is 0.893. The number of rotatable bonds is 5. The Bertz CT molecular complexity index is 540. The minimum Gasteiger partial charge on any atom is -0.325 e. The second kappa shape index (κ2) is 6.64. The van der Waals surface area contributed by atoms with Crippen molar-refractivity contribution in [1.29, 1.82) is 0 Å². The lowest BCUT2D eigenvalue weighted by molar-refractivity contribution is -0.116. The Morgan fingerprint density at radius 2 is 2.16 bits per heavy atom. The molecule has 0 aliphatic carbocycles. The SMILES string of the molecule is Cc1ccncc1NC(=O)CCCc1ccccn1. The first-order chi connectivity index (χ1) is 9.25. The Kier molecular flexibility index (Phi) is 4.61. The number of hydrogen-bond acceptors (Lipinski definition) is 3. The summed E-state index contributed by atoms with van der Waals surface area (Å²) < 4.78 is 0. The number of hydrogen-bond donors (Lipinski definition) is 1. The molecule has 98 valence electrons. The molecule has 4 nitrogen and oxygen atoms in total. The molecule has 2 rings (SSSR count). The van der Waals surface area contributed by atoms with E-state index in [-0.39, 0.29) is 5.91 Å². The zero-order valence-corrected chi connectivity index (χ0v) is 11.0. The first-order valence-electron chi connectivity index (χ1n) is 6.36. The lowest BCUT2D eigenvalue weighted by atomic mass is 10.1. The summed E-state index contributed by atoms with van der Waals surface area (Å²) in [4.78, 5) is 20.0. The van der Waals surface area contributed by atoms with Crippen LogP contribution in [-0.4, -0.2) is 15.9 Å². The average molecular weight is 255 g/mol. The normalized spacial score (nSPS) is 10.2. The van der Waals surface area contributed by atoms with Gasteiger partial charge in [0, 0.05) is 24.5 Å². The predicted octanol–water partition coefficient (Wildman–Crippen LogP) is 2.75. The summed E-state index contributed by atoms with van der Waals surface area (Å²) >= 11 is 0. The fourth-order valence-electron chi connectivity index (χ4n) is 1.78. The molecular formula is C15H17N3O. The maximum Gasteiger partial charge on any atom is 0.224 e. The number of anilines is 1. The summed E-state index contributed by atoms with van der Waals surface area (Å²) in [5, 5.41) is 2.87. The number of aromatic nitrogens is 2. The van der Waals surface area contributed by atoms with Crippen LogP contribution in [0.1, 0.15) is 24.1 Å². The highest BCUT2D eigenvalue weighted by atomic mass is 16.1. The molecule has 0 bridgehead atoms. The minimum absolute atomic E-state index is 0.0204. The van der Waals surface area contributed by atoms with Crippen LogP contribution in [0.3, 0.4) is 0 Å². The van der Waals surface area contributed by atoms with Crippen LogP contribution in [0.5, 0.6) is 0 Å². The van der Waals surface area contributed by atoms with Crippen LogP contribution < -0.4 is 5.32 Å². The highest BCUT2D eigenvalue weighted by Crippen LogP contribution is 2.12. The molecule has 2 aromatic rings. The molecule has 0 aliphatic heterocycles. The Balaban J connectivity index is 1.78. The largest absolute Gasteiger partial charge is 0.325 e. The van der Waals surface area contributed by atoms with Gasteiger partial charge in [0.15, 0.2) is 0 Å². The number of amides is 1. The Morgan fingerprint density at radius 3 is 2.89 bits per heavy atom. The summed E-state index contributed by atoms with van der Waals surface area (Å²) in [6.45, 7) is 1.95. The summed E-state index contributed by atoms with van der Waals surface area (Å²) in [6, 6.07) is 7.70. The van der Waals surface area contributed by atoms with Crippen molar-refractivity contribution >= 4 is 11.6 Å². The third-order valence-corrected chi connectivity index (χ3v) is 2.88. The summed E-state index contributed by atoms with van der Waals surface area (Å²) in [7, 11) is 0. The number of nitrogens with one attached hydrogen (secondary N) is 1. The van der Waals surface area contributed by atoms with Gasteiger partial charge >= 0.3 is 0 Å². The third kappa shape index (κ3) is 4.17. The van der Waals surface area contributed by atoms with Crippen molar-refractivity contribution in [2.45, 2.75) is 26.2 Å². The van der Waals surface area contributed by atoms with E-state index in [0.29, 0.717) is 6.42 Å². The molecular weight excluding hydrogens is 238 g/mol. The maximum absolute atomic E-state index is 11.8. The van der Waals surface area contributed by atoms with E-state index < -0.39 is 0 Å². The van der Waals surface area contributed by atoms with Crippen LogP contribution in [-0.2, 0) is 11.2 Å². The zero-order chi connectivity index (χ0) is 13.5. The van der Waals surface area contributed by atoms with E-state index in [1.807, 2.05) is 31.2 Å². The lowest BCUT2D eigenvalue weighted by Crippen LogP contribution is -2.12. The van der Waals surface area contributed by atoms with E-state index in [4.69, 9.17) is 0 Å². The molecule has 0 spiro atoms. The fourth-order valence-corrected chi connectivity index (χ4v) is 1.78. The Hall–Kier alpha value is -2.23. The van der Waals surface area contributed by atoms with Crippen molar-refractivity contribution in [3.63, 3.8) is 0 Å². The van der Waals surface area contributed by atoms with Gasteiger partial charge in [-0.05, 0) is 43.5 Å². The number of carbonyl (C=O) groups is 1. The van der Waals surface area contributed by atoms with Crippen molar-refractivity contribution in [1.82, 2.24) is 9.97 Å². The third-order valence-electron chi connectivity index (χ3n) is 2.88. The van der Waals surface area contributed by atoms with Crippen molar-refractivity contribution in [2.75, 3.05) is 5.32 Å². The van der Waals surface area contributed by atoms with Crippen LogP contribution in [0.4, 0.5) is 5.69 Å². The van der Waals surface area contributed by atoms with Gasteiger partial charge in [-0.3, -0.25) is 14.8 Å². The summed E-state index contributed by atoms with van der Waals surface area (Å²) in [6.07, 6.45) is 7.26. The molecule has 0 saturated heterocycles. The molecule has 1 amide bonds. The van der Waals surface area contributed by atoms with Crippen LogP contribution in [0.2, 0.25) is 0 Å². The number of carbonyl (C=O) groups excluding carboxylic acids is 1. The van der Waals surface area contributed by atoms with Crippen LogP contribution in [0.25, 0.3) is 0 Å². The standard InChI is InChI=1S/C15H17N3O/c1-12-8-10-16-11-14(12)18-15(19)7-4-6-13-5-2-3-9-17-13/h2-3,5,8-11H,4,6-7H2,1H3,(H,18,19). The second-order valence-electron chi connectivity index (χ2n) is 4.41. The van der Waals surface area contributed by atoms with Crippen molar-refractivity contribution in [2.24, 2.45) is 0 Å². The van der Waals surface area contributed by atoms with Gasteiger partial charge in [0.1, 0.15) is 0 Å². The molecule has 0 aromatic carbocycles. The predicted molar refractivity (Wildman–Crippen MR) is 74.8 cm³/mol. The van der Waals surface area contributed by atoms with Gasteiger partial charge in [0.2, 0.25) is 5.91 Å². The Morgan fingerprint density at radius 1 is 1.26 bits per heavy atom. The Labute approximate surface area is 112 Å². The van der Waals surface area contributed by atoms with Crippen molar-refractivity contribution in [3.05, 3.63) is 54.1 Å². The molecule has 2 heterocycles. The monoisotopic (exact) mass is 255 g/mol. The molecule has 0 saturated carbocycles. The number of pyridine rings is 2.